The number of nitrogens with zero attached hydrogens (tertiary/aromatic N) is 1. The van der Waals surface area contributed by atoms with Crippen LogP contribution in [0.15, 0.2) is 30.3 Å². The molecule has 3 unspecified atom stereocenters. The molecule has 0 spiro atoms. The lowest BCUT2D eigenvalue weighted by Crippen LogP contribution is -2.25. The van der Waals surface area contributed by atoms with Crippen molar-refractivity contribution < 1.29 is 0 Å². The Morgan fingerprint density at radius 3 is 2.72 bits per heavy atom. The number of hydrogen-bond donors (Lipinski definition) is 0. The van der Waals surface area contributed by atoms with E-state index in [1.54, 1.807) is 0 Å². The molecule has 1 aromatic carbocycles. The fourth-order valence-corrected chi connectivity index (χ4v) is 4.09. The molecule has 1 nitrogen and oxygen atoms in total. The van der Waals surface area contributed by atoms with Crippen LogP contribution in [0.4, 0.5) is 0 Å². The second-order valence-corrected chi connectivity index (χ2v) is 6.41. The van der Waals surface area contributed by atoms with E-state index in [2.05, 4.69) is 43.3 Å². The third kappa shape index (κ3) is 3.29. The van der Waals surface area contributed by atoms with Crippen LogP contribution in [0, 0.1) is 17.2 Å². The van der Waals surface area contributed by atoms with Crippen molar-refractivity contribution in [3.05, 3.63) is 35.9 Å². The number of nitriles is 1. The molecule has 0 aliphatic heterocycles. The highest BCUT2D eigenvalue weighted by molar-refractivity contribution is 7.99. The Balaban J connectivity index is 2.02. The molecule has 0 aromatic heterocycles. The van der Waals surface area contributed by atoms with Gasteiger partial charge in [-0.1, -0.05) is 37.3 Å². The van der Waals surface area contributed by atoms with Crippen molar-refractivity contribution in [2.45, 2.75) is 43.8 Å². The monoisotopic (exact) mass is 259 g/mol. The van der Waals surface area contributed by atoms with Crippen molar-refractivity contribution in [1.29, 1.82) is 5.26 Å². The Labute approximate surface area is 115 Å². The Morgan fingerprint density at radius 2 is 2.06 bits per heavy atom. The van der Waals surface area contributed by atoms with Gasteiger partial charge in [0, 0.05) is 5.25 Å². The van der Waals surface area contributed by atoms with E-state index in [0.29, 0.717) is 11.2 Å². The van der Waals surface area contributed by atoms with Gasteiger partial charge in [0.25, 0.3) is 0 Å². The molecule has 0 N–H and O–H groups in total. The minimum absolute atomic E-state index is 0.265. The second-order valence-electron chi connectivity index (χ2n) is 5.07. The molecule has 0 radical (unpaired) electrons. The van der Waals surface area contributed by atoms with Gasteiger partial charge in [-0.15, -0.1) is 0 Å². The minimum atomic E-state index is 0.265. The maximum absolute atomic E-state index is 9.25. The zero-order chi connectivity index (χ0) is 12.8. The summed E-state index contributed by atoms with van der Waals surface area (Å²) >= 11 is 2.01. The van der Waals surface area contributed by atoms with Gasteiger partial charge in [0.15, 0.2) is 0 Å². The molecule has 2 heteroatoms. The molecule has 0 bridgehead atoms. The lowest BCUT2D eigenvalue weighted by atomic mass is 9.79. The molecule has 0 saturated heterocycles. The van der Waals surface area contributed by atoms with Gasteiger partial charge >= 0.3 is 0 Å². The highest BCUT2D eigenvalue weighted by Crippen LogP contribution is 2.41. The first-order valence-corrected chi connectivity index (χ1v) is 7.96. The lowest BCUT2D eigenvalue weighted by Gasteiger charge is -2.32. The van der Waals surface area contributed by atoms with Gasteiger partial charge in [-0.3, -0.25) is 0 Å². The van der Waals surface area contributed by atoms with Crippen LogP contribution < -0.4 is 0 Å². The summed E-state index contributed by atoms with van der Waals surface area (Å²) in [5.74, 6) is 2.11. The Bertz CT molecular complexity index is 395. The van der Waals surface area contributed by atoms with E-state index < -0.39 is 0 Å². The van der Waals surface area contributed by atoms with Gasteiger partial charge in [-0.25, -0.2) is 0 Å². The zero-order valence-corrected chi connectivity index (χ0v) is 11.8. The van der Waals surface area contributed by atoms with E-state index in [1.807, 2.05) is 11.8 Å². The van der Waals surface area contributed by atoms with E-state index in [-0.39, 0.29) is 5.92 Å². The van der Waals surface area contributed by atoms with Crippen LogP contribution in [0.25, 0.3) is 0 Å². The van der Waals surface area contributed by atoms with Crippen molar-refractivity contribution in [2.75, 3.05) is 5.75 Å². The molecule has 1 aliphatic carbocycles. The van der Waals surface area contributed by atoms with Crippen LogP contribution >= 0.6 is 11.8 Å². The van der Waals surface area contributed by atoms with Crippen molar-refractivity contribution in [1.82, 2.24) is 0 Å². The molecule has 96 valence electrons. The van der Waals surface area contributed by atoms with Gasteiger partial charge in [0.1, 0.15) is 0 Å². The smallest absolute Gasteiger partial charge is 0.0667 e. The zero-order valence-electron chi connectivity index (χ0n) is 11.0. The average molecular weight is 259 g/mol. The Hall–Kier alpha value is -0.940. The Morgan fingerprint density at radius 1 is 1.28 bits per heavy atom. The first kappa shape index (κ1) is 13.5. The quantitative estimate of drug-likeness (QED) is 0.788. The number of thioether (sulfide) groups is 1. The van der Waals surface area contributed by atoms with Gasteiger partial charge in [0.05, 0.1) is 12.0 Å². The van der Waals surface area contributed by atoms with Gasteiger partial charge in [-0.05, 0) is 42.9 Å². The molecule has 2 rings (SSSR count). The molecule has 1 saturated carbocycles. The highest BCUT2D eigenvalue weighted by atomic mass is 32.2. The standard InChI is InChI=1S/C16H21NS/c1-2-10-18-16-11-14(8-9-15(16)12-17)13-6-4-3-5-7-13/h3-7,14-16H,2,8-11H2,1H3. The van der Waals surface area contributed by atoms with Crippen molar-refractivity contribution in [2.24, 2.45) is 5.92 Å². The molecule has 18 heavy (non-hydrogen) atoms. The average Bonchev–Trinajstić information content (AvgIpc) is 2.45. The Kier molecular flexibility index (Phi) is 5.13. The number of benzene rings is 1. The van der Waals surface area contributed by atoms with Crippen LogP contribution in [-0.2, 0) is 0 Å². The van der Waals surface area contributed by atoms with E-state index in [4.69, 9.17) is 0 Å². The lowest BCUT2D eigenvalue weighted by molar-refractivity contribution is 0.393. The van der Waals surface area contributed by atoms with E-state index in [0.717, 1.165) is 6.42 Å². The summed E-state index contributed by atoms with van der Waals surface area (Å²) in [5.41, 5.74) is 1.45. The summed E-state index contributed by atoms with van der Waals surface area (Å²) in [6.07, 6.45) is 4.62. The molecular formula is C16H21NS. The van der Waals surface area contributed by atoms with Crippen molar-refractivity contribution >= 4 is 11.8 Å². The first-order chi connectivity index (χ1) is 8.85. The first-order valence-electron chi connectivity index (χ1n) is 6.91. The molecule has 1 aromatic rings. The normalized spacial score (nSPS) is 27.7. The summed E-state index contributed by atoms with van der Waals surface area (Å²) in [7, 11) is 0. The van der Waals surface area contributed by atoms with Crippen LogP contribution in [0.1, 0.15) is 44.1 Å². The van der Waals surface area contributed by atoms with E-state index in [9.17, 15) is 5.26 Å². The highest BCUT2D eigenvalue weighted by Gasteiger charge is 2.31. The fourth-order valence-electron chi connectivity index (χ4n) is 2.76. The van der Waals surface area contributed by atoms with E-state index >= 15 is 0 Å². The summed E-state index contributed by atoms with van der Waals surface area (Å²) in [5, 5.41) is 9.79. The van der Waals surface area contributed by atoms with E-state index in [1.165, 1.54) is 30.6 Å². The summed E-state index contributed by atoms with van der Waals surface area (Å²) in [6.45, 7) is 2.21. The van der Waals surface area contributed by atoms with Gasteiger partial charge in [-0.2, -0.15) is 17.0 Å². The SMILES string of the molecule is CCCSC1CC(c2ccccc2)CCC1C#N. The van der Waals surface area contributed by atoms with Crippen LogP contribution in [0.2, 0.25) is 0 Å². The summed E-state index contributed by atoms with van der Waals surface area (Å²) < 4.78 is 0. The summed E-state index contributed by atoms with van der Waals surface area (Å²) in [4.78, 5) is 0. The third-order valence-electron chi connectivity index (χ3n) is 3.76. The molecule has 3 atom stereocenters. The van der Waals surface area contributed by atoms with Crippen LogP contribution in [0.5, 0.6) is 0 Å². The molecule has 1 aliphatic rings. The third-order valence-corrected chi connectivity index (χ3v) is 5.36. The molecule has 1 fully saturated rings. The summed E-state index contributed by atoms with van der Waals surface area (Å²) in [6, 6.07) is 13.3. The number of rotatable bonds is 4. The van der Waals surface area contributed by atoms with Crippen LogP contribution in [0.3, 0.4) is 0 Å². The molecule has 0 heterocycles. The predicted molar refractivity (Wildman–Crippen MR) is 78.7 cm³/mol. The topological polar surface area (TPSA) is 23.8 Å². The number of hydrogen-bond acceptors (Lipinski definition) is 2. The second kappa shape index (κ2) is 6.85. The fraction of sp³-hybridized carbons (Fsp3) is 0.562. The minimum Gasteiger partial charge on any atom is -0.198 e. The van der Waals surface area contributed by atoms with Crippen molar-refractivity contribution in [3.63, 3.8) is 0 Å². The largest absolute Gasteiger partial charge is 0.198 e. The predicted octanol–water partition coefficient (Wildman–Crippen LogP) is 4.61. The maximum atomic E-state index is 9.25. The van der Waals surface area contributed by atoms with Crippen molar-refractivity contribution in [3.8, 4) is 6.07 Å². The molecule has 0 amide bonds. The molecular weight excluding hydrogens is 238 g/mol. The van der Waals surface area contributed by atoms with Crippen LogP contribution in [-0.4, -0.2) is 11.0 Å². The maximum Gasteiger partial charge on any atom is 0.0667 e. The van der Waals surface area contributed by atoms with Gasteiger partial charge < -0.3 is 0 Å². The van der Waals surface area contributed by atoms with Gasteiger partial charge in [0.2, 0.25) is 0 Å².